The summed E-state index contributed by atoms with van der Waals surface area (Å²) in [5.74, 6) is 1.88. The first-order valence-electron chi connectivity index (χ1n) is 10.2. The highest BCUT2D eigenvalue weighted by Gasteiger charge is 2.34. The summed E-state index contributed by atoms with van der Waals surface area (Å²) >= 11 is 1.42. The molecular formula is C25H20N4O2S. The molecule has 3 aromatic rings. The Bertz CT molecular complexity index is 1340. The predicted molar refractivity (Wildman–Crippen MR) is 126 cm³/mol. The molecule has 0 aliphatic carbocycles. The van der Waals surface area contributed by atoms with Gasteiger partial charge in [0.15, 0.2) is 11.3 Å². The van der Waals surface area contributed by atoms with Crippen molar-refractivity contribution < 1.29 is 9.53 Å². The number of ether oxygens (including phenoxy) is 1. The van der Waals surface area contributed by atoms with Gasteiger partial charge in [0, 0.05) is 16.5 Å². The molecule has 3 aromatic carbocycles. The summed E-state index contributed by atoms with van der Waals surface area (Å²) in [7, 11) is 0. The number of hydrogen-bond donors (Lipinski definition) is 1. The number of amides is 1. The van der Waals surface area contributed by atoms with Gasteiger partial charge in [-0.1, -0.05) is 66.4 Å². The summed E-state index contributed by atoms with van der Waals surface area (Å²) in [6.45, 7) is 3.74. The van der Waals surface area contributed by atoms with Gasteiger partial charge in [0.05, 0.1) is 5.36 Å². The largest absolute Gasteiger partial charge is 0.457 e. The van der Waals surface area contributed by atoms with Crippen LogP contribution in [0, 0.1) is 0 Å². The molecule has 1 atom stereocenters. The molecule has 0 spiro atoms. The lowest BCUT2D eigenvalue weighted by Crippen LogP contribution is -2.50. The van der Waals surface area contributed by atoms with Crippen molar-refractivity contribution in [3.05, 3.63) is 108 Å². The number of carbonyl (C=O) groups is 1. The average molecular weight is 441 g/mol. The average Bonchev–Trinajstić information content (AvgIpc) is 2.83. The first-order valence-corrected chi connectivity index (χ1v) is 11.1. The van der Waals surface area contributed by atoms with Crippen LogP contribution in [0.1, 0.15) is 11.7 Å². The van der Waals surface area contributed by atoms with Crippen molar-refractivity contribution in [2.24, 2.45) is 10.1 Å². The van der Waals surface area contributed by atoms with Crippen LogP contribution in [-0.4, -0.2) is 21.8 Å². The Hall–Kier alpha value is -3.84. The zero-order valence-electron chi connectivity index (χ0n) is 17.1. The van der Waals surface area contributed by atoms with Gasteiger partial charge < -0.3 is 4.74 Å². The Morgan fingerprint density at radius 2 is 1.81 bits per heavy atom. The molecule has 0 unspecified atom stereocenters. The molecule has 0 saturated carbocycles. The van der Waals surface area contributed by atoms with Crippen LogP contribution in [0.3, 0.4) is 0 Å². The van der Waals surface area contributed by atoms with Crippen molar-refractivity contribution in [1.29, 1.82) is 0 Å². The smallest absolute Gasteiger partial charge is 0.276 e. The van der Waals surface area contributed by atoms with Crippen molar-refractivity contribution >= 4 is 28.5 Å². The summed E-state index contributed by atoms with van der Waals surface area (Å²) in [5.41, 5.74) is 1.36. The molecule has 0 saturated heterocycles. The molecule has 2 aliphatic rings. The molecule has 2 aliphatic heterocycles. The number of benzene rings is 3. The first-order chi connectivity index (χ1) is 15.7. The van der Waals surface area contributed by atoms with Gasteiger partial charge in [-0.25, -0.2) is 5.01 Å². The summed E-state index contributed by atoms with van der Waals surface area (Å²) < 4.78 is 6.01. The number of fused-ring (bicyclic) bond motifs is 2. The second-order valence-electron chi connectivity index (χ2n) is 7.16. The van der Waals surface area contributed by atoms with E-state index in [1.54, 1.807) is 11.1 Å². The maximum Gasteiger partial charge on any atom is 0.276 e. The van der Waals surface area contributed by atoms with Crippen LogP contribution in [0.5, 0.6) is 11.5 Å². The minimum Gasteiger partial charge on any atom is -0.457 e. The van der Waals surface area contributed by atoms with E-state index < -0.39 is 6.17 Å². The third kappa shape index (κ3) is 3.90. The topological polar surface area (TPSA) is 66.3 Å². The second-order valence-corrected chi connectivity index (χ2v) is 8.17. The van der Waals surface area contributed by atoms with Gasteiger partial charge in [-0.3, -0.25) is 15.1 Å². The Labute approximate surface area is 189 Å². The molecule has 0 bridgehead atoms. The van der Waals surface area contributed by atoms with Crippen molar-refractivity contribution in [3.8, 4) is 11.5 Å². The van der Waals surface area contributed by atoms with E-state index in [1.807, 2.05) is 78.9 Å². The standard InChI is InChI=1S/C25H20N4O2S/c1-2-15-32-25-27-24(30)22-20-13-6-7-14-21(20)26-23(29(22)28-25)17-9-8-12-19(16-17)31-18-10-4-3-5-11-18/h2-14,16,23H,1,15H2,(H,27,28,30)/t23-/m1/s1. The molecule has 0 radical (unpaired) electrons. The number of para-hydroxylation sites is 2. The maximum absolute atomic E-state index is 13.1. The van der Waals surface area contributed by atoms with E-state index in [2.05, 4.69) is 11.9 Å². The Morgan fingerprint density at radius 1 is 1.03 bits per heavy atom. The zero-order chi connectivity index (χ0) is 21.9. The fourth-order valence-corrected chi connectivity index (χ4v) is 4.20. The number of hydrogen-bond acceptors (Lipinski definition) is 6. The van der Waals surface area contributed by atoms with Crippen molar-refractivity contribution in [2.45, 2.75) is 6.17 Å². The highest BCUT2D eigenvalue weighted by atomic mass is 32.2. The third-order valence-corrected chi connectivity index (χ3v) is 5.85. The molecule has 0 aromatic heterocycles. The molecule has 5 rings (SSSR count). The van der Waals surface area contributed by atoms with E-state index >= 15 is 0 Å². The van der Waals surface area contributed by atoms with E-state index in [0.29, 0.717) is 22.4 Å². The number of nitrogens with zero attached hydrogens (tertiary/aromatic N) is 3. The van der Waals surface area contributed by atoms with Gasteiger partial charge in [-0.05, 0) is 30.3 Å². The minimum atomic E-state index is -0.496. The Balaban J connectivity index is 1.59. The van der Waals surface area contributed by atoms with Gasteiger partial charge in [0.25, 0.3) is 5.91 Å². The van der Waals surface area contributed by atoms with Crippen LogP contribution < -0.4 is 20.6 Å². The second kappa shape index (κ2) is 8.72. The number of carbonyl (C=O) groups excluding carboxylic acids is 1. The van der Waals surface area contributed by atoms with E-state index in [9.17, 15) is 4.79 Å². The monoisotopic (exact) mass is 440 g/mol. The van der Waals surface area contributed by atoms with Gasteiger partial charge in [0.1, 0.15) is 17.2 Å². The van der Waals surface area contributed by atoms with Gasteiger partial charge >= 0.3 is 0 Å². The van der Waals surface area contributed by atoms with E-state index in [1.165, 1.54) is 11.8 Å². The van der Waals surface area contributed by atoms with Crippen LogP contribution >= 0.6 is 11.8 Å². The fraction of sp³-hybridized carbons (Fsp3) is 0.0800. The van der Waals surface area contributed by atoms with Crippen LogP contribution in [0.25, 0.3) is 5.70 Å². The molecule has 1 N–H and O–H groups in total. The number of amidine groups is 1. The Morgan fingerprint density at radius 3 is 2.66 bits per heavy atom. The van der Waals surface area contributed by atoms with Gasteiger partial charge in [0.2, 0.25) is 0 Å². The number of thioether (sulfide) groups is 1. The molecule has 32 heavy (non-hydrogen) atoms. The van der Waals surface area contributed by atoms with Gasteiger partial charge in [-0.15, -0.1) is 11.7 Å². The van der Waals surface area contributed by atoms with Crippen LogP contribution in [0.15, 0.2) is 102 Å². The Kier molecular flexibility index (Phi) is 5.47. The summed E-state index contributed by atoms with van der Waals surface area (Å²) in [4.78, 5) is 18.0. The highest BCUT2D eigenvalue weighted by Crippen LogP contribution is 2.33. The maximum atomic E-state index is 13.1. The summed E-state index contributed by atoms with van der Waals surface area (Å²) in [5, 5.41) is 11.4. The number of rotatable bonds is 5. The molecule has 1 amide bonds. The fourth-order valence-electron chi connectivity index (χ4n) is 3.61. The lowest BCUT2D eigenvalue weighted by molar-refractivity contribution is -0.116. The number of nitrogens with one attached hydrogen (secondary N) is 1. The van der Waals surface area contributed by atoms with Crippen molar-refractivity contribution in [2.75, 3.05) is 5.75 Å². The molecule has 7 heteroatoms. The van der Waals surface area contributed by atoms with Crippen molar-refractivity contribution in [3.63, 3.8) is 0 Å². The van der Waals surface area contributed by atoms with E-state index in [0.717, 1.165) is 21.9 Å². The predicted octanol–water partition coefficient (Wildman–Crippen LogP) is 3.54. The molecular weight excluding hydrogens is 420 g/mol. The molecule has 2 heterocycles. The quantitative estimate of drug-likeness (QED) is 0.617. The van der Waals surface area contributed by atoms with Gasteiger partial charge in [-0.2, -0.15) is 0 Å². The summed E-state index contributed by atoms with van der Waals surface area (Å²) in [6.07, 6.45) is 1.28. The first kappa shape index (κ1) is 20.1. The summed E-state index contributed by atoms with van der Waals surface area (Å²) in [6, 6.07) is 25.0. The minimum absolute atomic E-state index is 0.199. The lowest BCUT2D eigenvalue weighted by Gasteiger charge is -2.34. The molecule has 6 nitrogen and oxygen atoms in total. The normalized spacial score (nSPS) is 16.8. The SMILES string of the molecule is C=CCSC1=NN2C(=c3ccccc3=N[C@H]2c2cccc(Oc3ccccc3)c2)C(=O)N1. The zero-order valence-corrected chi connectivity index (χ0v) is 18.0. The highest BCUT2D eigenvalue weighted by molar-refractivity contribution is 8.14. The van der Waals surface area contributed by atoms with E-state index in [4.69, 9.17) is 14.8 Å². The molecule has 0 fully saturated rings. The van der Waals surface area contributed by atoms with Crippen LogP contribution in [-0.2, 0) is 4.79 Å². The number of hydrazone groups is 1. The lowest BCUT2D eigenvalue weighted by atomic mass is 10.1. The molecule has 158 valence electrons. The van der Waals surface area contributed by atoms with Crippen molar-refractivity contribution in [1.82, 2.24) is 10.3 Å². The van der Waals surface area contributed by atoms with E-state index in [-0.39, 0.29) is 5.91 Å². The third-order valence-electron chi connectivity index (χ3n) is 4.99. The van der Waals surface area contributed by atoms with Crippen LogP contribution in [0.4, 0.5) is 0 Å². The van der Waals surface area contributed by atoms with Crippen LogP contribution in [0.2, 0.25) is 0 Å².